The second kappa shape index (κ2) is 6.95. The van der Waals surface area contributed by atoms with Crippen molar-refractivity contribution in [1.29, 1.82) is 0 Å². The lowest BCUT2D eigenvalue weighted by molar-refractivity contribution is 0.720. The summed E-state index contributed by atoms with van der Waals surface area (Å²) >= 11 is 3.97. The molecule has 0 radical (unpaired) electrons. The summed E-state index contributed by atoms with van der Waals surface area (Å²) in [4.78, 5) is 8.76. The first kappa shape index (κ1) is 15.1. The molecule has 1 saturated heterocycles. The Labute approximate surface area is 125 Å². The summed E-state index contributed by atoms with van der Waals surface area (Å²) < 4.78 is 0. The Kier molecular flexibility index (Phi) is 5.54. The molecule has 2 heterocycles. The lowest BCUT2D eigenvalue weighted by Crippen LogP contribution is -2.40. The molecule has 108 valence electrons. The van der Waals surface area contributed by atoms with Crippen LogP contribution in [0, 0.1) is 0 Å². The van der Waals surface area contributed by atoms with Gasteiger partial charge in [0.25, 0.3) is 0 Å². The number of rotatable bonds is 5. The highest BCUT2D eigenvalue weighted by molar-refractivity contribution is 8.00. The van der Waals surface area contributed by atoms with Crippen molar-refractivity contribution < 1.29 is 0 Å². The van der Waals surface area contributed by atoms with Crippen LogP contribution in [0.4, 0.5) is 5.13 Å². The van der Waals surface area contributed by atoms with Crippen LogP contribution in [0.25, 0.3) is 0 Å². The number of nitrogens with one attached hydrogen (secondary N) is 1. The summed E-state index contributed by atoms with van der Waals surface area (Å²) in [5.41, 5.74) is 1.28. The standard InChI is InChI=1S/C14H25N3S2/c1-5-12-13(7-15-6-2)19-14(16-12)17-8-10(3)18-11(4)9-17/h10-11,15H,5-9H2,1-4H3. The largest absolute Gasteiger partial charge is 0.346 e. The van der Waals surface area contributed by atoms with Gasteiger partial charge in [0.15, 0.2) is 5.13 Å². The summed E-state index contributed by atoms with van der Waals surface area (Å²) in [5, 5.41) is 6.05. The molecule has 0 amide bonds. The van der Waals surface area contributed by atoms with Gasteiger partial charge in [0.05, 0.1) is 5.69 Å². The highest BCUT2D eigenvalue weighted by Gasteiger charge is 2.25. The molecule has 2 unspecified atom stereocenters. The van der Waals surface area contributed by atoms with E-state index in [-0.39, 0.29) is 0 Å². The zero-order chi connectivity index (χ0) is 13.8. The van der Waals surface area contributed by atoms with E-state index >= 15 is 0 Å². The molecule has 0 aromatic carbocycles. The van der Waals surface area contributed by atoms with Gasteiger partial charge in [0.1, 0.15) is 0 Å². The van der Waals surface area contributed by atoms with Crippen LogP contribution in [0.15, 0.2) is 0 Å². The Bertz CT molecular complexity index is 395. The molecule has 5 heteroatoms. The normalized spacial score (nSPS) is 23.9. The van der Waals surface area contributed by atoms with E-state index in [0.717, 1.165) is 32.6 Å². The number of hydrogen-bond donors (Lipinski definition) is 1. The molecule has 1 aliphatic rings. The van der Waals surface area contributed by atoms with Gasteiger partial charge in [-0.05, 0) is 13.0 Å². The van der Waals surface area contributed by atoms with Crippen LogP contribution in [0.3, 0.4) is 0 Å². The Balaban J connectivity index is 2.13. The number of thioether (sulfide) groups is 1. The fourth-order valence-electron chi connectivity index (χ4n) is 2.49. The van der Waals surface area contributed by atoms with Gasteiger partial charge in [-0.15, -0.1) is 11.3 Å². The van der Waals surface area contributed by atoms with Gasteiger partial charge in [0.2, 0.25) is 0 Å². The van der Waals surface area contributed by atoms with E-state index in [9.17, 15) is 0 Å². The molecular weight excluding hydrogens is 274 g/mol. The molecule has 1 aromatic heterocycles. The van der Waals surface area contributed by atoms with Crippen molar-refractivity contribution in [3.63, 3.8) is 0 Å². The molecule has 3 nitrogen and oxygen atoms in total. The topological polar surface area (TPSA) is 28.2 Å². The second-order valence-corrected chi connectivity index (χ2v) is 8.11. The van der Waals surface area contributed by atoms with E-state index in [1.165, 1.54) is 15.7 Å². The molecule has 2 atom stereocenters. The van der Waals surface area contributed by atoms with E-state index < -0.39 is 0 Å². The van der Waals surface area contributed by atoms with E-state index in [0.29, 0.717) is 10.5 Å². The minimum atomic E-state index is 0.704. The molecule has 1 aliphatic heterocycles. The molecule has 0 spiro atoms. The SMILES string of the molecule is CCNCc1sc(N2CC(C)SC(C)C2)nc1CC. The van der Waals surface area contributed by atoms with Crippen LogP contribution < -0.4 is 10.2 Å². The van der Waals surface area contributed by atoms with Gasteiger partial charge in [-0.25, -0.2) is 4.98 Å². The molecule has 0 bridgehead atoms. The highest BCUT2D eigenvalue weighted by atomic mass is 32.2. The maximum atomic E-state index is 4.87. The van der Waals surface area contributed by atoms with E-state index in [1.54, 1.807) is 0 Å². The number of hydrogen-bond acceptors (Lipinski definition) is 5. The minimum Gasteiger partial charge on any atom is -0.346 e. The third kappa shape index (κ3) is 3.86. The Morgan fingerprint density at radius 1 is 1.26 bits per heavy atom. The first-order valence-electron chi connectivity index (χ1n) is 7.23. The van der Waals surface area contributed by atoms with Gasteiger partial charge < -0.3 is 10.2 Å². The number of nitrogens with zero attached hydrogens (tertiary/aromatic N) is 2. The summed E-state index contributed by atoms with van der Waals surface area (Å²) in [6, 6.07) is 0. The van der Waals surface area contributed by atoms with Gasteiger partial charge in [-0.2, -0.15) is 11.8 Å². The van der Waals surface area contributed by atoms with Crippen molar-refractivity contribution in [3.05, 3.63) is 10.6 Å². The van der Waals surface area contributed by atoms with Crippen molar-refractivity contribution >= 4 is 28.2 Å². The summed E-state index contributed by atoms with van der Waals surface area (Å²) in [6.07, 6.45) is 1.03. The van der Waals surface area contributed by atoms with Crippen molar-refractivity contribution in [1.82, 2.24) is 10.3 Å². The highest BCUT2D eigenvalue weighted by Crippen LogP contribution is 2.32. The summed E-state index contributed by atoms with van der Waals surface area (Å²) in [5.74, 6) is 0. The zero-order valence-corrected chi connectivity index (χ0v) is 14.0. The molecular formula is C14H25N3S2. The molecule has 19 heavy (non-hydrogen) atoms. The zero-order valence-electron chi connectivity index (χ0n) is 12.4. The van der Waals surface area contributed by atoms with Crippen LogP contribution in [0.5, 0.6) is 0 Å². The number of anilines is 1. The van der Waals surface area contributed by atoms with Crippen LogP contribution in [-0.2, 0) is 13.0 Å². The molecule has 0 saturated carbocycles. The maximum Gasteiger partial charge on any atom is 0.185 e. The smallest absolute Gasteiger partial charge is 0.185 e. The van der Waals surface area contributed by atoms with E-state index in [2.05, 4.69) is 49.7 Å². The molecule has 1 aromatic rings. The van der Waals surface area contributed by atoms with Crippen LogP contribution in [0.1, 0.15) is 38.3 Å². The first-order valence-corrected chi connectivity index (χ1v) is 8.99. The quantitative estimate of drug-likeness (QED) is 0.904. The maximum absolute atomic E-state index is 4.87. The first-order chi connectivity index (χ1) is 9.13. The van der Waals surface area contributed by atoms with Gasteiger partial charge in [-0.1, -0.05) is 27.7 Å². The minimum absolute atomic E-state index is 0.704. The van der Waals surface area contributed by atoms with Gasteiger partial charge in [-0.3, -0.25) is 0 Å². The van der Waals surface area contributed by atoms with Gasteiger partial charge in [0, 0.05) is 35.0 Å². The predicted molar refractivity (Wildman–Crippen MR) is 87.6 cm³/mol. The van der Waals surface area contributed by atoms with Gasteiger partial charge >= 0.3 is 0 Å². The van der Waals surface area contributed by atoms with Crippen molar-refractivity contribution in [3.8, 4) is 0 Å². The molecule has 0 aliphatic carbocycles. The lowest BCUT2D eigenvalue weighted by atomic mass is 10.3. The Morgan fingerprint density at radius 3 is 2.53 bits per heavy atom. The average Bonchev–Trinajstić information content (AvgIpc) is 2.78. The third-order valence-electron chi connectivity index (χ3n) is 3.33. The van der Waals surface area contributed by atoms with Crippen molar-refractivity contribution in [2.24, 2.45) is 0 Å². The summed E-state index contributed by atoms with van der Waals surface area (Å²) in [6.45, 7) is 13.2. The van der Waals surface area contributed by atoms with E-state index in [1.807, 2.05) is 11.3 Å². The van der Waals surface area contributed by atoms with Crippen molar-refractivity contribution in [2.75, 3.05) is 24.5 Å². The number of thiazole rings is 1. The molecule has 1 fully saturated rings. The van der Waals surface area contributed by atoms with Crippen LogP contribution in [-0.4, -0.2) is 35.1 Å². The van der Waals surface area contributed by atoms with E-state index in [4.69, 9.17) is 4.98 Å². The number of aromatic nitrogens is 1. The fourth-order valence-corrected chi connectivity index (χ4v) is 4.95. The Morgan fingerprint density at radius 2 is 1.95 bits per heavy atom. The predicted octanol–water partition coefficient (Wildman–Crippen LogP) is 3.15. The van der Waals surface area contributed by atoms with Crippen LogP contribution in [0.2, 0.25) is 0 Å². The summed E-state index contributed by atoms with van der Waals surface area (Å²) in [7, 11) is 0. The monoisotopic (exact) mass is 299 g/mol. The third-order valence-corrected chi connectivity index (χ3v) is 5.71. The average molecular weight is 300 g/mol. The fraction of sp³-hybridized carbons (Fsp3) is 0.786. The Hall–Kier alpha value is -0.260. The molecule has 1 N–H and O–H groups in total. The number of aryl methyl sites for hydroxylation is 1. The molecule has 2 rings (SSSR count). The van der Waals surface area contributed by atoms with Crippen LogP contribution >= 0.6 is 23.1 Å². The van der Waals surface area contributed by atoms with Crippen molar-refractivity contribution in [2.45, 2.75) is 51.2 Å². The second-order valence-electron chi connectivity index (χ2n) is 5.16. The lowest BCUT2D eigenvalue weighted by Gasteiger charge is -2.34.